The first-order chi connectivity index (χ1) is 9.04. The summed E-state index contributed by atoms with van der Waals surface area (Å²) in [5.74, 6) is 0.673. The molecule has 1 N–H and O–H groups in total. The number of fused-ring (bicyclic) bond motifs is 1. The van der Waals surface area contributed by atoms with E-state index in [4.69, 9.17) is 0 Å². The minimum absolute atomic E-state index is 0.297. The zero-order valence-corrected chi connectivity index (χ0v) is 11.1. The number of sulfone groups is 1. The van der Waals surface area contributed by atoms with Gasteiger partial charge in [-0.3, -0.25) is 0 Å². The molecule has 5 heteroatoms. The first kappa shape index (κ1) is 11.9. The minimum atomic E-state index is -3.21. The molecule has 0 aliphatic carbocycles. The average molecular weight is 272 g/mol. The number of hydrogen-bond donors (Lipinski definition) is 1. The molecule has 1 aromatic heterocycles. The lowest BCUT2D eigenvalue weighted by molar-refractivity contribution is 0.602. The molecule has 0 unspecified atom stereocenters. The van der Waals surface area contributed by atoms with Crippen LogP contribution < -0.4 is 0 Å². The number of nitrogens with zero attached hydrogens (tertiary/aromatic N) is 1. The molecular formula is C14H12N2O2S. The lowest BCUT2D eigenvalue weighted by Gasteiger charge is -2.00. The molecule has 3 rings (SSSR count). The number of aromatic nitrogens is 2. The normalized spacial score (nSPS) is 11.8. The molecule has 1 heterocycles. The summed E-state index contributed by atoms with van der Waals surface area (Å²) in [6.45, 7) is 0. The van der Waals surface area contributed by atoms with E-state index in [1.54, 1.807) is 18.2 Å². The second-order valence-electron chi connectivity index (χ2n) is 4.40. The standard InChI is InChI=1S/C14H12N2O2S/c1-19(17,18)11-6-4-5-10(9-11)14-15-12-7-2-3-8-13(12)16-14/h2-9H,1H3,(H,15,16). The summed E-state index contributed by atoms with van der Waals surface area (Å²) in [6.07, 6.45) is 1.20. The molecule has 0 amide bonds. The zero-order valence-electron chi connectivity index (χ0n) is 10.3. The van der Waals surface area contributed by atoms with E-state index in [9.17, 15) is 8.42 Å². The van der Waals surface area contributed by atoms with E-state index in [1.807, 2.05) is 30.3 Å². The predicted molar refractivity (Wildman–Crippen MR) is 74.6 cm³/mol. The van der Waals surface area contributed by atoms with Crippen molar-refractivity contribution in [2.75, 3.05) is 6.26 Å². The van der Waals surface area contributed by atoms with Gasteiger partial charge in [0.2, 0.25) is 0 Å². The molecule has 0 aliphatic rings. The van der Waals surface area contributed by atoms with Gasteiger partial charge in [0.25, 0.3) is 0 Å². The SMILES string of the molecule is CS(=O)(=O)c1cccc(-c2nc3ccccc3[nH]2)c1. The van der Waals surface area contributed by atoms with Crippen LogP contribution in [0.2, 0.25) is 0 Å². The summed E-state index contributed by atoms with van der Waals surface area (Å²) in [6, 6.07) is 14.5. The molecule has 2 aromatic carbocycles. The monoisotopic (exact) mass is 272 g/mol. The topological polar surface area (TPSA) is 62.8 Å². The number of aromatic amines is 1. The molecule has 0 saturated heterocycles. The van der Waals surface area contributed by atoms with E-state index >= 15 is 0 Å². The van der Waals surface area contributed by atoms with Crippen LogP contribution in [0.1, 0.15) is 0 Å². The highest BCUT2D eigenvalue weighted by Crippen LogP contribution is 2.22. The van der Waals surface area contributed by atoms with Gasteiger partial charge in [-0.2, -0.15) is 0 Å². The number of rotatable bonds is 2. The Labute approximate surface area is 111 Å². The fourth-order valence-electron chi connectivity index (χ4n) is 1.96. The molecule has 0 saturated carbocycles. The van der Waals surface area contributed by atoms with Gasteiger partial charge in [-0.05, 0) is 24.3 Å². The van der Waals surface area contributed by atoms with E-state index in [0.29, 0.717) is 10.7 Å². The first-order valence-corrected chi connectivity index (χ1v) is 7.68. The smallest absolute Gasteiger partial charge is 0.175 e. The van der Waals surface area contributed by atoms with Gasteiger partial charge in [-0.1, -0.05) is 24.3 Å². The third kappa shape index (κ3) is 2.24. The van der Waals surface area contributed by atoms with Crippen molar-refractivity contribution in [3.8, 4) is 11.4 Å². The number of hydrogen-bond acceptors (Lipinski definition) is 3. The number of nitrogens with one attached hydrogen (secondary N) is 1. The van der Waals surface area contributed by atoms with Gasteiger partial charge >= 0.3 is 0 Å². The third-order valence-electron chi connectivity index (χ3n) is 2.93. The predicted octanol–water partition coefficient (Wildman–Crippen LogP) is 2.63. The maximum absolute atomic E-state index is 11.6. The Morgan fingerprint density at radius 2 is 1.84 bits per heavy atom. The van der Waals surface area contributed by atoms with Crippen molar-refractivity contribution < 1.29 is 8.42 Å². The molecule has 0 atom stereocenters. The summed E-state index contributed by atoms with van der Waals surface area (Å²) in [4.78, 5) is 7.94. The van der Waals surface area contributed by atoms with Crippen LogP contribution in [0.3, 0.4) is 0 Å². The Hall–Kier alpha value is -2.14. The molecule has 19 heavy (non-hydrogen) atoms. The summed E-state index contributed by atoms with van der Waals surface area (Å²) >= 11 is 0. The summed E-state index contributed by atoms with van der Waals surface area (Å²) < 4.78 is 23.1. The number of H-pyrrole nitrogens is 1. The van der Waals surface area contributed by atoms with E-state index < -0.39 is 9.84 Å². The average Bonchev–Trinajstić information content (AvgIpc) is 2.81. The maximum Gasteiger partial charge on any atom is 0.175 e. The Morgan fingerprint density at radius 3 is 2.58 bits per heavy atom. The highest BCUT2D eigenvalue weighted by molar-refractivity contribution is 7.90. The first-order valence-electron chi connectivity index (χ1n) is 5.79. The van der Waals surface area contributed by atoms with Gasteiger partial charge in [0.1, 0.15) is 5.82 Å². The molecule has 0 bridgehead atoms. The lowest BCUT2D eigenvalue weighted by Crippen LogP contribution is -1.97. The van der Waals surface area contributed by atoms with Crippen LogP contribution in [0.15, 0.2) is 53.4 Å². The molecular weight excluding hydrogens is 260 g/mol. The number of imidazole rings is 1. The Balaban J connectivity index is 2.16. The van der Waals surface area contributed by atoms with Gasteiger partial charge in [0, 0.05) is 11.8 Å². The summed E-state index contributed by atoms with van der Waals surface area (Å²) in [7, 11) is -3.21. The second kappa shape index (κ2) is 4.20. The molecule has 96 valence electrons. The van der Waals surface area contributed by atoms with E-state index in [2.05, 4.69) is 9.97 Å². The lowest BCUT2D eigenvalue weighted by atomic mass is 10.2. The van der Waals surface area contributed by atoms with Crippen molar-refractivity contribution in [1.29, 1.82) is 0 Å². The molecule has 0 radical (unpaired) electrons. The van der Waals surface area contributed by atoms with Gasteiger partial charge in [0.15, 0.2) is 9.84 Å². The minimum Gasteiger partial charge on any atom is -0.338 e. The van der Waals surface area contributed by atoms with Gasteiger partial charge in [0.05, 0.1) is 15.9 Å². The largest absolute Gasteiger partial charge is 0.338 e. The maximum atomic E-state index is 11.6. The Morgan fingerprint density at radius 1 is 1.05 bits per heavy atom. The highest BCUT2D eigenvalue weighted by atomic mass is 32.2. The van der Waals surface area contributed by atoms with Crippen molar-refractivity contribution in [1.82, 2.24) is 9.97 Å². The highest BCUT2D eigenvalue weighted by Gasteiger charge is 2.10. The molecule has 0 aliphatic heterocycles. The third-order valence-corrected chi connectivity index (χ3v) is 4.04. The Bertz CT molecular complexity index is 818. The van der Waals surface area contributed by atoms with Crippen LogP contribution >= 0.6 is 0 Å². The zero-order chi connectivity index (χ0) is 13.5. The second-order valence-corrected chi connectivity index (χ2v) is 6.42. The van der Waals surface area contributed by atoms with E-state index in [0.717, 1.165) is 16.6 Å². The molecule has 4 nitrogen and oxygen atoms in total. The fraction of sp³-hybridized carbons (Fsp3) is 0.0714. The molecule has 0 fully saturated rings. The molecule has 0 spiro atoms. The molecule has 3 aromatic rings. The number of benzene rings is 2. The quantitative estimate of drug-likeness (QED) is 0.780. The number of para-hydroxylation sites is 2. The summed E-state index contributed by atoms with van der Waals surface area (Å²) in [5, 5.41) is 0. The van der Waals surface area contributed by atoms with Crippen molar-refractivity contribution in [2.45, 2.75) is 4.90 Å². The van der Waals surface area contributed by atoms with Crippen LogP contribution in [0.25, 0.3) is 22.4 Å². The van der Waals surface area contributed by atoms with Gasteiger partial charge in [-0.25, -0.2) is 13.4 Å². The van der Waals surface area contributed by atoms with Crippen LogP contribution in [0.4, 0.5) is 0 Å². The van der Waals surface area contributed by atoms with Crippen LogP contribution in [-0.2, 0) is 9.84 Å². The fourth-order valence-corrected chi connectivity index (χ4v) is 2.63. The summed E-state index contributed by atoms with van der Waals surface area (Å²) in [5.41, 5.74) is 2.56. The van der Waals surface area contributed by atoms with Crippen LogP contribution in [-0.4, -0.2) is 24.6 Å². The van der Waals surface area contributed by atoms with E-state index in [1.165, 1.54) is 6.26 Å². The van der Waals surface area contributed by atoms with Crippen molar-refractivity contribution in [3.63, 3.8) is 0 Å². The van der Waals surface area contributed by atoms with Gasteiger partial charge in [-0.15, -0.1) is 0 Å². The van der Waals surface area contributed by atoms with E-state index in [-0.39, 0.29) is 0 Å². The van der Waals surface area contributed by atoms with Crippen LogP contribution in [0.5, 0.6) is 0 Å². The van der Waals surface area contributed by atoms with Crippen molar-refractivity contribution in [3.05, 3.63) is 48.5 Å². The van der Waals surface area contributed by atoms with Crippen molar-refractivity contribution >= 4 is 20.9 Å². The van der Waals surface area contributed by atoms with Crippen molar-refractivity contribution in [2.24, 2.45) is 0 Å². The van der Waals surface area contributed by atoms with Gasteiger partial charge < -0.3 is 4.98 Å². The Kier molecular flexibility index (Phi) is 2.64. The van der Waals surface area contributed by atoms with Crippen LogP contribution in [0, 0.1) is 0 Å².